The Labute approximate surface area is 143 Å². The molecule has 3 aromatic rings. The smallest absolute Gasteiger partial charge is 0.252 e. The minimum atomic E-state index is -0.0774. The van der Waals surface area contributed by atoms with E-state index in [9.17, 15) is 4.79 Å². The number of aryl methyl sites for hydroxylation is 3. The third-order valence-corrected chi connectivity index (χ3v) is 5.23. The van der Waals surface area contributed by atoms with Crippen molar-refractivity contribution in [3.8, 4) is 0 Å². The van der Waals surface area contributed by atoms with Crippen LogP contribution >= 0.6 is 11.3 Å². The van der Waals surface area contributed by atoms with Gasteiger partial charge in [-0.2, -0.15) is 5.10 Å². The Morgan fingerprint density at radius 2 is 2.21 bits per heavy atom. The first-order chi connectivity index (χ1) is 11.5. The van der Waals surface area contributed by atoms with E-state index in [0.717, 1.165) is 45.1 Å². The van der Waals surface area contributed by atoms with Crippen LogP contribution in [0.5, 0.6) is 0 Å². The van der Waals surface area contributed by atoms with Gasteiger partial charge in [-0.05, 0) is 32.8 Å². The molecular weight excluding hydrogens is 322 g/mol. The minimum Gasteiger partial charge on any atom is -0.347 e. The molecule has 1 amide bonds. The number of carbonyl (C=O) groups is 1. The van der Waals surface area contributed by atoms with Crippen LogP contribution in [0.3, 0.4) is 0 Å². The molecule has 3 aromatic heterocycles. The number of rotatable bonds is 4. The van der Waals surface area contributed by atoms with Gasteiger partial charge in [0.2, 0.25) is 0 Å². The molecule has 0 aromatic carbocycles. The normalized spacial score (nSPS) is 14.3. The Balaban J connectivity index is 1.69. The van der Waals surface area contributed by atoms with Crippen LogP contribution in [0.25, 0.3) is 11.0 Å². The number of nitrogens with one attached hydrogen (secondary N) is 1. The number of thiazole rings is 1. The fourth-order valence-electron chi connectivity index (χ4n) is 2.98. The van der Waals surface area contributed by atoms with E-state index in [-0.39, 0.29) is 5.91 Å². The molecule has 0 aliphatic heterocycles. The van der Waals surface area contributed by atoms with Crippen LogP contribution in [0.1, 0.15) is 50.4 Å². The lowest BCUT2D eigenvalue weighted by molar-refractivity contribution is 0.0952. The number of hydrogen-bond acceptors (Lipinski definition) is 5. The van der Waals surface area contributed by atoms with E-state index in [4.69, 9.17) is 4.98 Å². The summed E-state index contributed by atoms with van der Waals surface area (Å²) in [6.45, 7) is 4.37. The number of pyridine rings is 1. The highest BCUT2D eigenvalue weighted by molar-refractivity contribution is 7.11. The molecule has 124 valence electrons. The van der Waals surface area contributed by atoms with Crippen LogP contribution in [-0.4, -0.2) is 25.7 Å². The van der Waals surface area contributed by atoms with Gasteiger partial charge in [-0.25, -0.2) is 9.97 Å². The van der Waals surface area contributed by atoms with Crippen LogP contribution < -0.4 is 5.32 Å². The van der Waals surface area contributed by atoms with Crippen molar-refractivity contribution in [2.24, 2.45) is 7.05 Å². The standard InChI is InChI=1S/C17H19N5OS/c1-9-15-13(17(23)19-8-12-7-18-10(2)24-12)6-14(11-4-5-11)20-16(15)22(3)21-9/h6-7,11H,4-5,8H2,1-3H3,(H,19,23). The molecule has 1 saturated carbocycles. The summed E-state index contributed by atoms with van der Waals surface area (Å²) in [7, 11) is 1.88. The lowest BCUT2D eigenvalue weighted by Gasteiger charge is -2.08. The average Bonchev–Trinajstić information content (AvgIpc) is 3.27. The molecule has 0 radical (unpaired) electrons. The van der Waals surface area contributed by atoms with Gasteiger partial charge in [0, 0.05) is 29.7 Å². The van der Waals surface area contributed by atoms with E-state index in [1.54, 1.807) is 16.0 Å². The van der Waals surface area contributed by atoms with Gasteiger partial charge >= 0.3 is 0 Å². The zero-order chi connectivity index (χ0) is 16.8. The molecule has 1 aliphatic rings. The molecule has 0 atom stereocenters. The Morgan fingerprint density at radius 3 is 2.88 bits per heavy atom. The maximum absolute atomic E-state index is 12.8. The summed E-state index contributed by atoms with van der Waals surface area (Å²) in [5.74, 6) is 0.409. The fraction of sp³-hybridized carbons (Fsp3) is 0.412. The zero-order valence-corrected chi connectivity index (χ0v) is 14.8. The van der Waals surface area contributed by atoms with Crippen molar-refractivity contribution in [2.75, 3.05) is 0 Å². The molecule has 7 heteroatoms. The highest BCUT2D eigenvalue weighted by Gasteiger charge is 2.28. The number of nitrogens with zero attached hydrogens (tertiary/aromatic N) is 4. The summed E-state index contributed by atoms with van der Waals surface area (Å²) < 4.78 is 1.76. The number of carbonyl (C=O) groups excluding carboxylic acids is 1. The predicted molar refractivity (Wildman–Crippen MR) is 93.2 cm³/mol. The molecule has 1 fully saturated rings. The summed E-state index contributed by atoms with van der Waals surface area (Å²) in [5.41, 5.74) is 3.30. The Morgan fingerprint density at radius 1 is 1.42 bits per heavy atom. The number of aromatic nitrogens is 4. The molecule has 0 bridgehead atoms. The van der Waals surface area contributed by atoms with Gasteiger partial charge in [-0.1, -0.05) is 0 Å². The Bertz CT molecular complexity index is 938. The molecule has 0 unspecified atom stereocenters. The summed E-state index contributed by atoms with van der Waals surface area (Å²) in [4.78, 5) is 22.8. The fourth-order valence-corrected chi connectivity index (χ4v) is 3.72. The molecule has 1 aliphatic carbocycles. The Kier molecular flexibility index (Phi) is 3.60. The van der Waals surface area contributed by atoms with Crippen LogP contribution in [0, 0.1) is 13.8 Å². The minimum absolute atomic E-state index is 0.0774. The van der Waals surface area contributed by atoms with Crippen LogP contribution in [-0.2, 0) is 13.6 Å². The van der Waals surface area contributed by atoms with Crippen molar-refractivity contribution in [3.63, 3.8) is 0 Å². The van der Waals surface area contributed by atoms with Gasteiger partial charge in [0.15, 0.2) is 5.65 Å². The molecule has 0 spiro atoms. The van der Waals surface area contributed by atoms with Crippen molar-refractivity contribution >= 4 is 28.3 Å². The van der Waals surface area contributed by atoms with Crippen LogP contribution in [0.4, 0.5) is 0 Å². The van der Waals surface area contributed by atoms with Gasteiger partial charge in [0.1, 0.15) is 0 Å². The highest BCUT2D eigenvalue weighted by Crippen LogP contribution is 2.40. The first-order valence-electron chi connectivity index (χ1n) is 8.06. The summed E-state index contributed by atoms with van der Waals surface area (Å²) in [5, 5.41) is 9.30. The SMILES string of the molecule is Cc1ncc(CNC(=O)c2cc(C3CC3)nc3c2c(C)nn3C)s1. The maximum Gasteiger partial charge on any atom is 0.252 e. The molecule has 6 nitrogen and oxygen atoms in total. The van der Waals surface area contributed by atoms with Crippen molar-refractivity contribution in [1.29, 1.82) is 0 Å². The van der Waals surface area contributed by atoms with Gasteiger partial charge in [0.05, 0.1) is 28.2 Å². The van der Waals surface area contributed by atoms with Gasteiger partial charge in [0.25, 0.3) is 5.91 Å². The van der Waals surface area contributed by atoms with Crippen molar-refractivity contribution < 1.29 is 4.79 Å². The second-order valence-corrected chi connectivity index (χ2v) is 7.62. The molecule has 4 rings (SSSR count). The third-order valence-electron chi connectivity index (χ3n) is 4.32. The average molecular weight is 341 g/mol. The topological polar surface area (TPSA) is 72.7 Å². The van der Waals surface area contributed by atoms with Gasteiger partial charge in [-0.15, -0.1) is 11.3 Å². The quantitative estimate of drug-likeness (QED) is 0.792. The maximum atomic E-state index is 12.8. The summed E-state index contributed by atoms with van der Waals surface area (Å²) in [6.07, 6.45) is 4.11. The first-order valence-corrected chi connectivity index (χ1v) is 8.88. The van der Waals surface area contributed by atoms with Crippen molar-refractivity contribution in [1.82, 2.24) is 25.1 Å². The van der Waals surface area contributed by atoms with Gasteiger partial charge in [-0.3, -0.25) is 9.48 Å². The zero-order valence-electron chi connectivity index (χ0n) is 14.0. The molecule has 1 N–H and O–H groups in total. The molecule has 3 heterocycles. The summed E-state index contributed by atoms with van der Waals surface area (Å²) in [6, 6.07) is 1.95. The van der Waals surface area contributed by atoms with Gasteiger partial charge < -0.3 is 5.32 Å². The molecule has 24 heavy (non-hydrogen) atoms. The molecular formula is C17H19N5OS. The second kappa shape index (κ2) is 5.66. The van der Waals surface area contributed by atoms with Crippen molar-refractivity contribution in [2.45, 2.75) is 39.2 Å². The van der Waals surface area contributed by atoms with E-state index < -0.39 is 0 Å². The van der Waals surface area contributed by atoms with E-state index in [2.05, 4.69) is 15.4 Å². The monoisotopic (exact) mass is 341 g/mol. The first kappa shape index (κ1) is 15.3. The number of fused-ring (bicyclic) bond motifs is 1. The molecule has 0 saturated heterocycles. The van der Waals surface area contributed by atoms with E-state index in [0.29, 0.717) is 18.0 Å². The summed E-state index contributed by atoms with van der Waals surface area (Å²) >= 11 is 1.60. The Hall–Kier alpha value is -2.28. The van der Waals surface area contributed by atoms with Crippen molar-refractivity contribution in [3.05, 3.63) is 39.1 Å². The van der Waals surface area contributed by atoms with E-state index in [1.807, 2.05) is 33.2 Å². The second-order valence-electron chi connectivity index (χ2n) is 6.30. The lowest BCUT2D eigenvalue weighted by Crippen LogP contribution is -2.23. The van der Waals surface area contributed by atoms with Crippen LogP contribution in [0.2, 0.25) is 0 Å². The van der Waals surface area contributed by atoms with Crippen LogP contribution in [0.15, 0.2) is 12.3 Å². The highest BCUT2D eigenvalue weighted by atomic mass is 32.1. The number of hydrogen-bond donors (Lipinski definition) is 1. The van der Waals surface area contributed by atoms with E-state index in [1.165, 1.54) is 0 Å². The predicted octanol–water partition coefficient (Wildman–Crippen LogP) is 2.85. The third kappa shape index (κ3) is 2.69. The lowest BCUT2D eigenvalue weighted by atomic mass is 10.1. The largest absolute Gasteiger partial charge is 0.347 e. The number of amides is 1. The van der Waals surface area contributed by atoms with E-state index >= 15 is 0 Å².